The predicted molar refractivity (Wildman–Crippen MR) is 59.3 cm³/mol. The lowest BCUT2D eigenvalue weighted by Gasteiger charge is -2.29. The summed E-state index contributed by atoms with van der Waals surface area (Å²) in [4.78, 5) is 11.7. The van der Waals surface area contributed by atoms with E-state index in [1.807, 2.05) is 6.92 Å². The summed E-state index contributed by atoms with van der Waals surface area (Å²) in [7, 11) is 0. The summed E-state index contributed by atoms with van der Waals surface area (Å²) in [5, 5.41) is 12.2. The third-order valence-corrected chi connectivity index (χ3v) is 3.19. The molecule has 0 spiro atoms. The molecule has 0 bridgehead atoms. The van der Waals surface area contributed by atoms with Crippen LogP contribution in [0.1, 0.15) is 45.4 Å². The summed E-state index contributed by atoms with van der Waals surface area (Å²) in [6.07, 6.45) is 5.49. The van der Waals surface area contributed by atoms with E-state index in [1.165, 1.54) is 0 Å². The van der Waals surface area contributed by atoms with Gasteiger partial charge in [0, 0.05) is 0 Å². The molecular weight excluding hydrogens is 192 g/mol. The molecule has 0 aromatic rings. The second kappa shape index (κ2) is 5.47. The van der Waals surface area contributed by atoms with Crippen LogP contribution in [0.4, 0.5) is 0 Å². The number of hydrogen-bond acceptors (Lipinski definition) is 3. The van der Waals surface area contributed by atoms with E-state index < -0.39 is 6.04 Å². The van der Waals surface area contributed by atoms with Gasteiger partial charge in [-0.2, -0.15) is 0 Å². The standard InChI is InChI=1S/C11H22N2O2/c1-2-5-9(12)10(15)13-11(8-14)6-3-4-7-11/h9,14H,2-8,12H2,1H3,(H,13,15)/t9-/m0/s1. The van der Waals surface area contributed by atoms with E-state index in [9.17, 15) is 9.90 Å². The van der Waals surface area contributed by atoms with Crippen molar-refractivity contribution in [3.8, 4) is 0 Å². The van der Waals surface area contributed by atoms with Gasteiger partial charge in [0.05, 0.1) is 18.2 Å². The molecule has 1 aliphatic carbocycles. The van der Waals surface area contributed by atoms with Crippen molar-refractivity contribution < 1.29 is 9.90 Å². The average Bonchev–Trinajstić information content (AvgIpc) is 2.67. The Morgan fingerprint density at radius 1 is 1.53 bits per heavy atom. The number of nitrogens with two attached hydrogens (primary N) is 1. The zero-order valence-corrected chi connectivity index (χ0v) is 9.46. The first-order valence-electron chi connectivity index (χ1n) is 5.82. The molecule has 0 aromatic carbocycles. The lowest BCUT2D eigenvalue weighted by atomic mass is 9.98. The van der Waals surface area contributed by atoms with E-state index in [-0.39, 0.29) is 18.1 Å². The molecule has 15 heavy (non-hydrogen) atoms. The number of carbonyl (C=O) groups excluding carboxylic acids is 1. The van der Waals surface area contributed by atoms with Crippen LogP contribution < -0.4 is 11.1 Å². The van der Waals surface area contributed by atoms with Crippen LogP contribution in [-0.2, 0) is 4.79 Å². The van der Waals surface area contributed by atoms with Crippen LogP contribution in [0.3, 0.4) is 0 Å². The minimum absolute atomic E-state index is 0.0254. The Morgan fingerprint density at radius 3 is 2.60 bits per heavy atom. The van der Waals surface area contributed by atoms with Gasteiger partial charge in [-0.25, -0.2) is 0 Å². The highest BCUT2D eigenvalue weighted by molar-refractivity contribution is 5.82. The molecule has 0 aromatic heterocycles. The summed E-state index contributed by atoms with van der Waals surface area (Å²) in [5.74, 6) is -0.118. The van der Waals surface area contributed by atoms with Crippen molar-refractivity contribution in [2.75, 3.05) is 6.61 Å². The third-order valence-electron chi connectivity index (χ3n) is 3.19. The highest BCUT2D eigenvalue weighted by Crippen LogP contribution is 2.29. The van der Waals surface area contributed by atoms with Gasteiger partial charge in [0.15, 0.2) is 0 Å². The van der Waals surface area contributed by atoms with Gasteiger partial charge in [-0.3, -0.25) is 4.79 Å². The first-order valence-corrected chi connectivity index (χ1v) is 5.82. The number of nitrogens with one attached hydrogen (secondary N) is 1. The summed E-state index contributed by atoms with van der Waals surface area (Å²) in [6, 6.07) is -0.431. The molecule has 1 amide bonds. The Bertz CT molecular complexity index is 213. The zero-order valence-electron chi connectivity index (χ0n) is 9.46. The molecule has 1 fully saturated rings. The summed E-state index contributed by atoms with van der Waals surface area (Å²) in [6.45, 7) is 2.03. The molecule has 1 aliphatic rings. The van der Waals surface area contributed by atoms with E-state index in [4.69, 9.17) is 5.73 Å². The van der Waals surface area contributed by atoms with Crippen molar-refractivity contribution >= 4 is 5.91 Å². The highest BCUT2D eigenvalue weighted by atomic mass is 16.3. The topological polar surface area (TPSA) is 75.4 Å². The Kier molecular flexibility index (Phi) is 4.54. The minimum Gasteiger partial charge on any atom is -0.394 e. The predicted octanol–water partition coefficient (Wildman–Crippen LogP) is 0.535. The van der Waals surface area contributed by atoms with E-state index in [0.717, 1.165) is 32.1 Å². The molecular formula is C11H22N2O2. The van der Waals surface area contributed by atoms with Crippen LogP contribution in [0.25, 0.3) is 0 Å². The fourth-order valence-corrected chi connectivity index (χ4v) is 2.17. The van der Waals surface area contributed by atoms with Crippen molar-refractivity contribution in [3.63, 3.8) is 0 Å². The number of rotatable bonds is 5. The summed E-state index contributed by atoms with van der Waals surface area (Å²) in [5.41, 5.74) is 5.34. The van der Waals surface area contributed by atoms with Gasteiger partial charge in [0.2, 0.25) is 5.91 Å². The van der Waals surface area contributed by atoms with Crippen molar-refractivity contribution in [3.05, 3.63) is 0 Å². The molecule has 4 nitrogen and oxygen atoms in total. The zero-order chi connectivity index (χ0) is 11.3. The maximum Gasteiger partial charge on any atom is 0.237 e. The molecule has 0 unspecified atom stereocenters. The first kappa shape index (κ1) is 12.5. The number of aliphatic hydroxyl groups is 1. The Morgan fingerprint density at radius 2 is 2.13 bits per heavy atom. The van der Waals surface area contributed by atoms with E-state index >= 15 is 0 Å². The number of amides is 1. The van der Waals surface area contributed by atoms with Gasteiger partial charge in [0.25, 0.3) is 0 Å². The number of aliphatic hydroxyl groups excluding tert-OH is 1. The summed E-state index contributed by atoms with van der Waals surface area (Å²) < 4.78 is 0. The van der Waals surface area contributed by atoms with Crippen molar-refractivity contribution in [2.45, 2.75) is 57.0 Å². The van der Waals surface area contributed by atoms with Crippen LogP contribution >= 0.6 is 0 Å². The quantitative estimate of drug-likeness (QED) is 0.625. The number of hydrogen-bond donors (Lipinski definition) is 3. The molecule has 0 saturated heterocycles. The monoisotopic (exact) mass is 214 g/mol. The van der Waals surface area contributed by atoms with Crippen molar-refractivity contribution in [1.29, 1.82) is 0 Å². The van der Waals surface area contributed by atoms with Crippen LogP contribution in [0.5, 0.6) is 0 Å². The summed E-state index contributed by atoms with van der Waals surface area (Å²) >= 11 is 0. The molecule has 0 radical (unpaired) electrons. The van der Waals surface area contributed by atoms with Gasteiger partial charge >= 0.3 is 0 Å². The van der Waals surface area contributed by atoms with E-state index in [2.05, 4.69) is 5.32 Å². The smallest absolute Gasteiger partial charge is 0.237 e. The normalized spacial score (nSPS) is 21.3. The Hall–Kier alpha value is -0.610. The van der Waals surface area contributed by atoms with E-state index in [1.54, 1.807) is 0 Å². The first-order chi connectivity index (χ1) is 7.13. The third kappa shape index (κ3) is 3.18. The average molecular weight is 214 g/mol. The van der Waals surface area contributed by atoms with Crippen LogP contribution in [0, 0.1) is 0 Å². The van der Waals surface area contributed by atoms with Crippen LogP contribution in [0.15, 0.2) is 0 Å². The van der Waals surface area contributed by atoms with Crippen LogP contribution in [0.2, 0.25) is 0 Å². The van der Waals surface area contributed by atoms with Gasteiger partial charge in [0.1, 0.15) is 0 Å². The fourth-order valence-electron chi connectivity index (χ4n) is 2.17. The minimum atomic E-state index is -0.431. The van der Waals surface area contributed by atoms with Crippen LogP contribution in [-0.4, -0.2) is 29.2 Å². The second-order valence-electron chi connectivity index (χ2n) is 4.53. The van der Waals surface area contributed by atoms with Gasteiger partial charge in [-0.05, 0) is 19.3 Å². The Balaban J connectivity index is 2.48. The molecule has 4 heteroatoms. The Labute approximate surface area is 91.2 Å². The van der Waals surface area contributed by atoms with Gasteiger partial charge in [-0.1, -0.05) is 26.2 Å². The second-order valence-corrected chi connectivity index (χ2v) is 4.53. The van der Waals surface area contributed by atoms with Crippen molar-refractivity contribution in [2.24, 2.45) is 5.73 Å². The number of carbonyl (C=O) groups is 1. The maximum atomic E-state index is 11.7. The van der Waals surface area contributed by atoms with E-state index in [0.29, 0.717) is 6.42 Å². The molecule has 1 saturated carbocycles. The fraction of sp³-hybridized carbons (Fsp3) is 0.909. The molecule has 0 heterocycles. The molecule has 88 valence electrons. The molecule has 1 atom stereocenters. The maximum absolute atomic E-state index is 11.7. The largest absolute Gasteiger partial charge is 0.394 e. The SMILES string of the molecule is CCC[C@H](N)C(=O)NC1(CO)CCCC1. The molecule has 1 rings (SSSR count). The van der Waals surface area contributed by atoms with Gasteiger partial charge in [-0.15, -0.1) is 0 Å². The molecule has 0 aliphatic heterocycles. The molecule has 4 N–H and O–H groups in total. The lowest BCUT2D eigenvalue weighted by Crippen LogP contribution is -2.54. The highest BCUT2D eigenvalue weighted by Gasteiger charge is 2.35. The van der Waals surface area contributed by atoms with Gasteiger partial charge < -0.3 is 16.2 Å². The van der Waals surface area contributed by atoms with Crippen molar-refractivity contribution in [1.82, 2.24) is 5.32 Å². The lowest BCUT2D eigenvalue weighted by molar-refractivity contribution is -0.125.